The summed E-state index contributed by atoms with van der Waals surface area (Å²) in [6.07, 6.45) is 2.26. The van der Waals surface area contributed by atoms with Gasteiger partial charge in [0.15, 0.2) is 6.10 Å². The monoisotopic (exact) mass is 188 g/mol. The van der Waals surface area contributed by atoms with E-state index in [2.05, 4.69) is 0 Å². The van der Waals surface area contributed by atoms with Gasteiger partial charge in [0.2, 0.25) is 0 Å². The van der Waals surface area contributed by atoms with E-state index in [4.69, 9.17) is 9.84 Å². The summed E-state index contributed by atoms with van der Waals surface area (Å²) in [6.45, 7) is 0. The molecule has 1 aliphatic rings. The Labute approximate surface area is 77.5 Å². The minimum atomic E-state index is -1.27. The van der Waals surface area contributed by atoms with E-state index in [1.807, 2.05) is 0 Å². The van der Waals surface area contributed by atoms with Crippen LogP contribution in [-0.2, 0) is 9.53 Å². The lowest BCUT2D eigenvalue weighted by atomic mass is 9.82. The fraction of sp³-hybridized carbons (Fsp3) is 0.889. The molecule has 0 amide bonds. The van der Waals surface area contributed by atoms with Crippen LogP contribution in [0.4, 0.5) is 0 Å². The van der Waals surface area contributed by atoms with Crippen LogP contribution in [0.5, 0.6) is 0 Å². The van der Waals surface area contributed by atoms with Gasteiger partial charge < -0.3 is 14.9 Å². The number of aliphatic hydroxyl groups is 1. The Hall–Kier alpha value is -0.610. The summed E-state index contributed by atoms with van der Waals surface area (Å²) >= 11 is 0. The first-order chi connectivity index (χ1) is 6.16. The molecule has 0 aromatic carbocycles. The van der Waals surface area contributed by atoms with Gasteiger partial charge in [0.05, 0.1) is 6.10 Å². The van der Waals surface area contributed by atoms with Crippen molar-refractivity contribution in [2.75, 3.05) is 7.11 Å². The minimum Gasteiger partial charge on any atom is -0.479 e. The van der Waals surface area contributed by atoms with Gasteiger partial charge >= 0.3 is 5.97 Å². The lowest BCUT2D eigenvalue weighted by molar-refractivity contribution is -0.154. The van der Waals surface area contributed by atoms with Crippen LogP contribution < -0.4 is 0 Å². The Kier molecular flexibility index (Phi) is 3.69. The lowest BCUT2D eigenvalue weighted by Crippen LogP contribution is -2.40. The number of carbonyl (C=O) groups is 1. The van der Waals surface area contributed by atoms with Crippen LogP contribution in [0.25, 0.3) is 0 Å². The predicted octanol–water partition coefficient (Wildman–Crippen LogP) is 0.637. The molecule has 0 spiro atoms. The van der Waals surface area contributed by atoms with E-state index in [1.165, 1.54) is 0 Å². The molecule has 1 rings (SSSR count). The number of rotatable bonds is 3. The standard InChI is InChI=1S/C9H16O4/c1-13-7-5-3-2-4-6(7)8(10)9(11)12/h6-8,10H,2-5H2,1H3,(H,11,12). The summed E-state index contributed by atoms with van der Waals surface area (Å²) in [5, 5.41) is 18.0. The van der Waals surface area contributed by atoms with Crippen molar-refractivity contribution >= 4 is 5.97 Å². The molecule has 1 aliphatic carbocycles. The maximum atomic E-state index is 10.6. The van der Waals surface area contributed by atoms with Crippen molar-refractivity contribution in [3.63, 3.8) is 0 Å². The fourth-order valence-corrected chi connectivity index (χ4v) is 1.96. The molecular formula is C9H16O4. The van der Waals surface area contributed by atoms with E-state index in [1.54, 1.807) is 7.11 Å². The van der Waals surface area contributed by atoms with Gasteiger partial charge in [0.25, 0.3) is 0 Å². The van der Waals surface area contributed by atoms with Crippen LogP contribution >= 0.6 is 0 Å². The molecule has 0 bridgehead atoms. The third-order valence-electron chi connectivity index (χ3n) is 2.71. The van der Waals surface area contributed by atoms with Crippen LogP contribution in [0.2, 0.25) is 0 Å². The zero-order valence-electron chi connectivity index (χ0n) is 7.77. The molecule has 0 heterocycles. The number of hydrogen-bond acceptors (Lipinski definition) is 3. The molecule has 1 fully saturated rings. The number of aliphatic carboxylic acids is 1. The SMILES string of the molecule is COC1CCCCC1C(O)C(=O)O. The molecule has 3 unspecified atom stereocenters. The summed E-state index contributed by atoms with van der Waals surface area (Å²) in [4.78, 5) is 10.6. The van der Waals surface area contributed by atoms with Crippen molar-refractivity contribution in [3.05, 3.63) is 0 Å². The summed E-state index contributed by atoms with van der Waals surface area (Å²) in [5.74, 6) is -1.38. The highest BCUT2D eigenvalue weighted by Gasteiger charge is 2.34. The Morgan fingerprint density at radius 3 is 2.62 bits per heavy atom. The molecule has 76 valence electrons. The lowest BCUT2D eigenvalue weighted by Gasteiger charge is -2.31. The van der Waals surface area contributed by atoms with Gasteiger partial charge in [0, 0.05) is 13.0 Å². The number of hydrogen-bond donors (Lipinski definition) is 2. The van der Waals surface area contributed by atoms with E-state index in [-0.39, 0.29) is 12.0 Å². The number of carboxylic acids is 1. The Morgan fingerprint density at radius 2 is 2.08 bits per heavy atom. The molecule has 2 N–H and O–H groups in total. The van der Waals surface area contributed by atoms with Crippen LogP contribution in [0, 0.1) is 5.92 Å². The molecule has 13 heavy (non-hydrogen) atoms. The number of methoxy groups -OCH3 is 1. The molecule has 0 saturated heterocycles. The zero-order chi connectivity index (χ0) is 9.84. The van der Waals surface area contributed by atoms with Crippen molar-refractivity contribution in [3.8, 4) is 0 Å². The van der Waals surface area contributed by atoms with Gasteiger partial charge in [-0.3, -0.25) is 0 Å². The van der Waals surface area contributed by atoms with E-state index < -0.39 is 12.1 Å². The first-order valence-electron chi connectivity index (χ1n) is 4.60. The number of ether oxygens (including phenoxy) is 1. The summed E-state index contributed by atoms with van der Waals surface area (Å²) in [5.41, 5.74) is 0. The van der Waals surface area contributed by atoms with Crippen molar-refractivity contribution in [1.82, 2.24) is 0 Å². The quantitative estimate of drug-likeness (QED) is 0.682. The zero-order valence-corrected chi connectivity index (χ0v) is 7.77. The van der Waals surface area contributed by atoms with Crippen molar-refractivity contribution < 1.29 is 19.7 Å². The molecule has 0 aromatic rings. The van der Waals surface area contributed by atoms with Crippen molar-refractivity contribution in [2.45, 2.75) is 37.9 Å². The fourth-order valence-electron chi connectivity index (χ4n) is 1.96. The van der Waals surface area contributed by atoms with Crippen LogP contribution in [0.3, 0.4) is 0 Å². The number of aliphatic hydroxyl groups excluding tert-OH is 1. The minimum absolute atomic E-state index is 0.0974. The van der Waals surface area contributed by atoms with E-state index in [0.717, 1.165) is 25.7 Å². The van der Waals surface area contributed by atoms with E-state index >= 15 is 0 Å². The Balaban J connectivity index is 2.58. The molecule has 0 aromatic heterocycles. The van der Waals surface area contributed by atoms with Crippen LogP contribution in [0.1, 0.15) is 25.7 Å². The second kappa shape index (κ2) is 4.58. The molecule has 0 radical (unpaired) electrons. The van der Waals surface area contributed by atoms with Crippen molar-refractivity contribution in [1.29, 1.82) is 0 Å². The summed E-state index contributed by atoms with van der Waals surface area (Å²) in [6, 6.07) is 0. The third kappa shape index (κ3) is 2.42. The highest BCUT2D eigenvalue weighted by molar-refractivity contribution is 5.72. The highest BCUT2D eigenvalue weighted by atomic mass is 16.5. The average molecular weight is 188 g/mol. The average Bonchev–Trinajstić information content (AvgIpc) is 2.16. The molecule has 3 atom stereocenters. The highest BCUT2D eigenvalue weighted by Crippen LogP contribution is 2.29. The van der Waals surface area contributed by atoms with Gasteiger partial charge in [-0.2, -0.15) is 0 Å². The Bertz CT molecular complexity index is 180. The summed E-state index contributed by atoms with van der Waals surface area (Å²) in [7, 11) is 1.57. The van der Waals surface area contributed by atoms with E-state index in [0.29, 0.717) is 0 Å². The molecular weight excluding hydrogens is 172 g/mol. The normalized spacial score (nSPS) is 31.2. The first-order valence-corrected chi connectivity index (χ1v) is 4.60. The van der Waals surface area contributed by atoms with Gasteiger partial charge in [-0.1, -0.05) is 12.8 Å². The summed E-state index contributed by atoms with van der Waals surface area (Å²) < 4.78 is 5.15. The topological polar surface area (TPSA) is 66.8 Å². The van der Waals surface area contributed by atoms with E-state index in [9.17, 15) is 9.90 Å². The maximum Gasteiger partial charge on any atom is 0.332 e. The maximum absolute atomic E-state index is 10.6. The van der Waals surface area contributed by atoms with Gasteiger partial charge in [-0.15, -0.1) is 0 Å². The van der Waals surface area contributed by atoms with Gasteiger partial charge in [0.1, 0.15) is 0 Å². The van der Waals surface area contributed by atoms with Crippen LogP contribution in [-0.4, -0.2) is 35.5 Å². The van der Waals surface area contributed by atoms with Crippen molar-refractivity contribution in [2.24, 2.45) is 5.92 Å². The van der Waals surface area contributed by atoms with Gasteiger partial charge in [-0.05, 0) is 12.8 Å². The molecule has 1 saturated carbocycles. The molecule has 4 heteroatoms. The second-order valence-electron chi connectivity index (χ2n) is 3.51. The number of carboxylic acid groups (broad SMARTS) is 1. The Morgan fingerprint density at radius 1 is 1.46 bits per heavy atom. The second-order valence-corrected chi connectivity index (χ2v) is 3.51. The van der Waals surface area contributed by atoms with Gasteiger partial charge in [-0.25, -0.2) is 4.79 Å². The molecule has 4 nitrogen and oxygen atoms in total. The third-order valence-corrected chi connectivity index (χ3v) is 2.71. The molecule has 0 aliphatic heterocycles. The van der Waals surface area contributed by atoms with Crippen LogP contribution in [0.15, 0.2) is 0 Å². The predicted molar refractivity (Wildman–Crippen MR) is 46.4 cm³/mol. The first kappa shape index (κ1) is 10.5. The largest absolute Gasteiger partial charge is 0.479 e. The smallest absolute Gasteiger partial charge is 0.332 e.